The zero-order valence-corrected chi connectivity index (χ0v) is 18.7. The Bertz CT molecular complexity index is 1210. The van der Waals surface area contributed by atoms with Crippen LogP contribution in [0, 0.1) is 0 Å². The van der Waals surface area contributed by atoms with Crippen LogP contribution in [-0.2, 0) is 4.79 Å². The minimum absolute atomic E-state index is 0.304. The molecule has 0 spiro atoms. The van der Waals surface area contributed by atoms with E-state index in [4.69, 9.17) is 9.47 Å². The van der Waals surface area contributed by atoms with Crippen molar-refractivity contribution in [2.24, 2.45) is 0 Å². The second-order valence-electron chi connectivity index (χ2n) is 7.00. The van der Waals surface area contributed by atoms with Crippen molar-refractivity contribution in [3.05, 3.63) is 77.2 Å². The lowest BCUT2D eigenvalue weighted by Gasteiger charge is -2.32. The summed E-state index contributed by atoms with van der Waals surface area (Å²) in [6.45, 7) is 0.304. The van der Waals surface area contributed by atoms with Gasteiger partial charge in [-0.3, -0.25) is 14.9 Å². The van der Waals surface area contributed by atoms with E-state index in [9.17, 15) is 9.59 Å². The predicted molar refractivity (Wildman–Crippen MR) is 127 cm³/mol. The van der Waals surface area contributed by atoms with Gasteiger partial charge in [0.15, 0.2) is 18.2 Å². The van der Waals surface area contributed by atoms with E-state index in [1.54, 1.807) is 37.1 Å². The third kappa shape index (κ3) is 3.94. The summed E-state index contributed by atoms with van der Waals surface area (Å²) in [5, 5.41) is 1.89. The van der Waals surface area contributed by atoms with E-state index in [1.807, 2.05) is 30.3 Å². The van der Waals surface area contributed by atoms with Gasteiger partial charge in [-0.15, -0.1) is 0 Å². The number of hydrogen-bond donors (Lipinski definition) is 1. The molecule has 2 aliphatic heterocycles. The molecule has 8 heteroatoms. The third-order valence-electron chi connectivity index (χ3n) is 5.01. The average Bonchev–Trinajstić information content (AvgIpc) is 3.13. The molecule has 0 atom stereocenters. The summed E-state index contributed by atoms with van der Waals surface area (Å²) in [6, 6.07) is 21.9. The number of thioether (sulfide) groups is 1. The maximum absolute atomic E-state index is 11.8. The van der Waals surface area contributed by atoms with E-state index in [-0.39, 0.29) is 11.1 Å². The zero-order chi connectivity index (χ0) is 22.1. The molecule has 0 saturated carbocycles. The number of nitrogens with one attached hydrogen (secondary N) is 1. The van der Waals surface area contributed by atoms with Crippen molar-refractivity contribution in [2.45, 2.75) is 9.79 Å². The molecule has 5 rings (SSSR count). The van der Waals surface area contributed by atoms with Gasteiger partial charge in [-0.05, 0) is 59.8 Å². The first-order chi connectivity index (χ1) is 15.6. The number of benzene rings is 3. The molecule has 6 nitrogen and oxygen atoms in total. The van der Waals surface area contributed by atoms with E-state index in [1.165, 1.54) is 9.79 Å². The summed E-state index contributed by atoms with van der Waals surface area (Å²) in [7, 11) is 1.57. The lowest BCUT2D eigenvalue weighted by Crippen LogP contribution is -2.25. The third-order valence-corrected chi connectivity index (χ3v) is 6.95. The van der Waals surface area contributed by atoms with Gasteiger partial charge in [0, 0.05) is 9.79 Å². The Morgan fingerprint density at radius 2 is 1.59 bits per heavy atom. The molecule has 2 heterocycles. The van der Waals surface area contributed by atoms with E-state index in [0.717, 1.165) is 28.7 Å². The largest absolute Gasteiger partial charge is 0.493 e. The number of anilines is 2. The number of ether oxygens (including phenoxy) is 2. The minimum Gasteiger partial charge on any atom is -0.493 e. The Hall–Kier alpha value is -3.36. The lowest BCUT2D eigenvalue weighted by atomic mass is 10.2. The fourth-order valence-corrected chi connectivity index (χ4v) is 5.30. The molecule has 0 radical (unpaired) electrons. The second-order valence-corrected chi connectivity index (χ2v) is 9.10. The molecule has 32 heavy (non-hydrogen) atoms. The number of hydrogen-bond acceptors (Lipinski definition) is 7. The van der Waals surface area contributed by atoms with Gasteiger partial charge in [-0.25, -0.2) is 0 Å². The summed E-state index contributed by atoms with van der Waals surface area (Å²) in [6.07, 6.45) is 1.66. The van der Waals surface area contributed by atoms with Crippen LogP contribution in [0.25, 0.3) is 6.08 Å². The number of carbonyl (C=O) groups is 2. The molecule has 1 fully saturated rings. The highest BCUT2D eigenvalue weighted by molar-refractivity contribution is 8.18. The first-order valence-electron chi connectivity index (χ1n) is 9.81. The number of rotatable bonds is 5. The van der Waals surface area contributed by atoms with Crippen LogP contribution >= 0.6 is 23.5 Å². The average molecular weight is 463 g/mol. The molecular weight excluding hydrogens is 444 g/mol. The van der Waals surface area contributed by atoms with E-state index >= 15 is 0 Å². The maximum atomic E-state index is 11.8. The lowest BCUT2D eigenvalue weighted by molar-refractivity contribution is -0.115. The smallest absolute Gasteiger partial charge is 0.290 e. The molecule has 0 unspecified atom stereocenters. The van der Waals surface area contributed by atoms with E-state index in [0.29, 0.717) is 23.1 Å². The normalized spacial score (nSPS) is 15.9. The van der Waals surface area contributed by atoms with Crippen molar-refractivity contribution in [1.29, 1.82) is 0 Å². The molecule has 2 aliphatic rings. The van der Waals surface area contributed by atoms with Crippen molar-refractivity contribution in [3.8, 4) is 11.5 Å². The summed E-state index contributed by atoms with van der Waals surface area (Å²) >= 11 is 2.63. The van der Waals surface area contributed by atoms with Gasteiger partial charge in [0.05, 0.1) is 23.4 Å². The molecule has 0 bridgehead atoms. The fourth-order valence-electron chi connectivity index (χ4n) is 3.52. The number of amides is 2. The summed E-state index contributed by atoms with van der Waals surface area (Å²) in [4.78, 5) is 28.0. The zero-order valence-electron chi connectivity index (χ0n) is 17.0. The molecule has 1 N–H and O–H groups in total. The second kappa shape index (κ2) is 8.64. The van der Waals surface area contributed by atoms with Gasteiger partial charge in [0.25, 0.3) is 11.1 Å². The van der Waals surface area contributed by atoms with E-state index < -0.39 is 0 Å². The first kappa shape index (κ1) is 20.5. The van der Waals surface area contributed by atoms with Crippen LogP contribution in [0.3, 0.4) is 0 Å². The number of imide groups is 1. The molecule has 160 valence electrons. The van der Waals surface area contributed by atoms with Crippen molar-refractivity contribution in [2.75, 3.05) is 18.7 Å². The first-order valence-corrected chi connectivity index (χ1v) is 11.4. The summed E-state index contributed by atoms with van der Waals surface area (Å²) in [5.74, 6) is 0.740. The number of carbonyl (C=O) groups excluding carboxylic acids is 2. The van der Waals surface area contributed by atoms with Crippen LogP contribution in [0.5, 0.6) is 11.5 Å². The van der Waals surface area contributed by atoms with Crippen molar-refractivity contribution in [3.63, 3.8) is 0 Å². The van der Waals surface area contributed by atoms with Crippen LogP contribution < -0.4 is 19.7 Å². The number of para-hydroxylation sites is 2. The van der Waals surface area contributed by atoms with Crippen LogP contribution in [0.1, 0.15) is 5.56 Å². The van der Waals surface area contributed by atoms with Crippen LogP contribution in [0.15, 0.2) is 81.4 Å². The highest BCUT2D eigenvalue weighted by atomic mass is 32.2. The molecule has 1 saturated heterocycles. The van der Waals surface area contributed by atoms with Gasteiger partial charge in [-0.1, -0.05) is 42.1 Å². The Kier molecular flexibility index (Phi) is 5.55. The molecule has 0 aliphatic carbocycles. The Morgan fingerprint density at radius 1 is 0.906 bits per heavy atom. The minimum atomic E-state index is -0.389. The summed E-state index contributed by atoms with van der Waals surface area (Å²) < 4.78 is 11.7. The molecule has 2 amide bonds. The van der Waals surface area contributed by atoms with Gasteiger partial charge in [0.2, 0.25) is 0 Å². The predicted octanol–water partition coefficient (Wildman–Crippen LogP) is 5.66. The van der Waals surface area contributed by atoms with Crippen molar-refractivity contribution < 1.29 is 19.1 Å². The van der Waals surface area contributed by atoms with Crippen molar-refractivity contribution >= 4 is 52.1 Å². The number of methoxy groups -OCH3 is 1. The standard InChI is InChI=1S/C24H18N2O4S2/c1-29-19-12-15(13-22-23(27)25-24(28)32-22)10-11-18(19)30-14-26-16-6-2-4-8-20(16)31-21-9-5-3-7-17(21)26/h2-13H,14H2,1H3,(H,25,27,28). The SMILES string of the molecule is COc1cc(C=C2SC(=O)NC2=O)ccc1OCN1c2ccccc2Sc2ccccc21. The number of nitrogens with zero attached hydrogens (tertiary/aromatic N) is 1. The van der Waals surface area contributed by atoms with Gasteiger partial charge >= 0.3 is 0 Å². The number of fused-ring (bicyclic) bond motifs is 2. The topological polar surface area (TPSA) is 67.9 Å². The highest BCUT2D eigenvalue weighted by Gasteiger charge is 2.26. The highest BCUT2D eigenvalue weighted by Crippen LogP contribution is 2.47. The maximum Gasteiger partial charge on any atom is 0.290 e. The van der Waals surface area contributed by atoms with Crippen LogP contribution in [-0.4, -0.2) is 25.0 Å². The molecule has 0 aromatic heterocycles. The quantitative estimate of drug-likeness (QED) is 0.491. The Morgan fingerprint density at radius 3 is 2.22 bits per heavy atom. The van der Waals surface area contributed by atoms with Gasteiger partial charge in [0.1, 0.15) is 0 Å². The fraction of sp³-hybridized carbons (Fsp3) is 0.0833. The summed E-state index contributed by atoms with van der Waals surface area (Å²) in [5.41, 5.74) is 2.92. The van der Waals surface area contributed by atoms with Crippen molar-refractivity contribution in [1.82, 2.24) is 5.32 Å². The Balaban J connectivity index is 1.40. The molecular formula is C24H18N2O4S2. The molecule has 3 aromatic rings. The molecule has 3 aromatic carbocycles. The van der Waals surface area contributed by atoms with Crippen LogP contribution in [0.4, 0.5) is 16.2 Å². The Labute approximate surface area is 193 Å². The van der Waals surface area contributed by atoms with E-state index in [2.05, 4.69) is 34.5 Å². The monoisotopic (exact) mass is 462 g/mol. The van der Waals surface area contributed by atoms with Crippen LogP contribution in [0.2, 0.25) is 0 Å². The van der Waals surface area contributed by atoms with Gasteiger partial charge in [-0.2, -0.15) is 0 Å². The van der Waals surface area contributed by atoms with Gasteiger partial charge < -0.3 is 14.4 Å².